The van der Waals surface area contributed by atoms with Crippen LogP contribution in [-0.2, 0) is 4.74 Å². The number of hydrogen-bond acceptors (Lipinski definition) is 3. The highest BCUT2D eigenvalue weighted by atomic mass is 16.5. The summed E-state index contributed by atoms with van der Waals surface area (Å²) in [6.07, 6.45) is 5.61. The number of morpholine rings is 1. The highest BCUT2D eigenvalue weighted by Crippen LogP contribution is 2.15. The molecule has 0 saturated carbocycles. The van der Waals surface area contributed by atoms with E-state index in [-0.39, 0.29) is 0 Å². The summed E-state index contributed by atoms with van der Waals surface area (Å²) in [5.74, 6) is 0.967. The molecule has 1 N–H and O–H groups in total. The Morgan fingerprint density at radius 1 is 1.20 bits per heavy atom. The van der Waals surface area contributed by atoms with Gasteiger partial charge in [0.05, 0.1) is 13.2 Å². The maximum Gasteiger partial charge on any atom is 0.0594 e. The lowest BCUT2D eigenvalue weighted by Gasteiger charge is -2.26. The van der Waals surface area contributed by atoms with Crippen LogP contribution in [0.3, 0.4) is 0 Å². The average Bonchev–Trinajstić information content (AvgIpc) is 2.79. The molecule has 0 amide bonds. The second-order valence-electron chi connectivity index (χ2n) is 4.81. The largest absolute Gasteiger partial charge is 0.379 e. The Bertz CT molecular complexity index is 163. The molecule has 2 fully saturated rings. The molecule has 0 aromatic carbocycles. The first-order chi connectivity index (χ1) is 7.45. The van der Waals surface area contributed by atoms with E-state index in [1.807, 2.05) is 0 Å². The van der Waals surface area contributed by atoms with E-state index in [9.17, 15) is 0 Å². The molecule has 2 aliphatic heterocycles. The molecule has 3 heteroatoms. The fourth-order valence-corrected chi connectivity index (χ4v) is 2.55. The highest BCUT2D eigenvalue weighted by Gasteiger charge is 2.14. The van der Waals surface area contributed by atoms with Gasteiger partial charge in [-0.05, 0) is 44.8 Å². The molecule has 2 rings (SSSR count). The van der Waals surface area contributed by atoms with Crippen molar-refractivity contribution < 1.29 is 4.74 Å². The Kier molecular flexibility index (Phi) is 4.90. The molecule has 0 bridgehead atoms. The Labute approximate surface area is 93.2 Å². The number of nitrogens with one attached hydrogen (secondary N) is 1. The molecular formula is C12H24N2O. The number of unbranched alkanes of at least 4 members (excludes halogenated alkanes) is 1. The lowest BCUT2D eigenvalue weighted by Crippen LogP contribution is -2.36. The first-order valence-electron chi connectivity index (χ1n) is 6.46. The molecule has 0 aliphatic carbocycles. The van der Waals surface area contributed by atoms with Gasteiger partial charge in [0.1, 0.15) is 0 Å². The summed E-state index contributed by atoms with van der Waals surface area (Å²) in [6, 6.07) is 0. The molecule has 2 aliphatic rings. The maximum absolute atomic E-state index is 5.34. The Hall–Kier alpha value is -0.120. The molecular weight excluding hydrogens is 188 g/mol. The van der Waals surface area contributed by atoms with Crippen molar-refractivity contribution in [2.75, 3.05) is 45.9 Å². The number of rotatable bonds is 5. The molecule has 2 heterocycles. The first kappa shape index (κ1) is 11.4. The van der Waals surface area contributed by atoms with Crippen LogP contribution in [0.5, 0.6) is 0 Å². The molecule has 1 unspecified atom stereocenters. The number of hydrogen-bond donors (Lipinski definition) is 1. The molecule has 88 valence electrons. The molecule has 0 radical (unpaired) electrons. The van der Waals surface area contributed by atoms with Crippen LogP contribution in [0.15, 0.2) is 0 Å². The third kappa shape index (κ3) is 4.09. The summed E-state index contributed by atoms with van der Waals surface area (Å²) in [7, 11) is 0. The minimum Gasteiger partial charge on any atom is -0.379 e. The van der Waals surface area contributed by atoms with Crippen LogP contribution in [0.1, 0.15) is 25.7 Å². The molecule has 0 aromatic rings. The van der Waals surface area contributed by atoms with Gasteiger partial charge in [0.2, 0.25) is 0 Å². The Morgan fingerprint density at radius 3 is 2.80 bits per heavy atom. The van der Waals surface area contributed by atoms with Gasteiger partial charge < -0.3 is 10.1 Å². The smallest absolute Gasteiger partial charge is 0.0594 e. The molecule has 15 heavy (non-hydrogen) atoms. The van der Waals surface area contributed by atoms with E-state index < -0.39 is 0 Å². The number of nitrogens with zero attached hydrogens (tertiary/aromatic N) is 1. The summed E-state index contributed by atoms with van der Waals surface area (Å²) >= 11 is 0. The third-order valence-electron chi connectivity index (χ3n) is 3.60. The zero-order valence-electron chi connectivity index (χ0n) is 9.71. The fraction of sp³-hybridized carbons (Fsp3) is 1.00. The molecule has 2 saturated heterocycles. The monoisotopic (exact) mass is 212 g/mol. The predicted molar refractivity (Wildman–Crippen MR) is 62.1 cm³/mol. The van der Waals surface area contributed by atoms with Crippen molar-refractivity contribution in [2.45, 2.75) is 25.7 Å². The van der Waals surface area contributed by atoms with Gasteiger partial charge in [0, 0.05) is 13.1 Å². The van der Waals surface area contributed by atoms with Crippen molar-refractivity contribution in [3.8, 4) is 0 Å². The second kappa shape index (κ2) is 6.46. The van der Waals surface area contributed by atoms with E-state index in [0.717, 1.165) is 32.2 Å². The molecule has 0 spiro atoms. The standard InChI is InChI=1S/C12H24N2O/c1(3-12-4-5-13-11-12)2-6-14-7-9-15-10-8-14/h12-13H,1-11H2. The van der Waals surface area contributed by atoms with Gasteiger partial charge in [-0.1, -0.05) is 6.42 Å². The van der Waals surface area contributed by atoms with Crippen molar-refractivity contribution in [1.29, 1.82) is 0 Å². The van der Waals surface area contributed by atoms with Crippen LogP contribution in [0.25, 0.3) is 0 Å². The van der Waals surface area contributed by atoms with Crippen LogP contribution in [0.4, 0.5) is 0 Å². The van der Waals surface area contributed by atoms with Gasteiger partial charge in [0.25, 0.3) is 0 Å². The Balaban J connectivity index is 1.47. The summed E-state index contributed by atoms with van der Waals surface area (Å²) in [6.45, 7) is 7.95. The van der Waals surface area contributed by atoms with Gasteiger partial charge >= 0.3 is 0 Å². The molecule has 0 aromatic heterocycles. The quantitative estimate of drug-likeness (QED) is 0.691. The molecule has 1 atom stereocenters. The van der Waals surface area contributed by atoms with E-state index in [1.165, 1.54) is 45.3 Å². The topological polar surface area (TPSA) is 24.5 Å². The Morgan fingerprint density at radius 2 is 2.07 bits per heavy atom. The van der Waals surface area contributed by atoms with Crippen LogP contribution < -0.4 is 5.32 Å². The zero-order chi connectivity index (χ0) is 10.3. The van der Waals surface area contributed by atoms with E-state index in [0.29, 0.717) is 0 Å². The lowest BCUT2D eigenvalue weighted by molar-refractivity contribution is 0.0370. The second-order valence-corrected chi connectivity index (χ2v) is 4.81. The first-order valence-corrected chi connectivity index (χ1v) is 6.46. The van der Waals surface area contributed by atoms with Crippen molar-refractivity contribution in [1.82, 2.24) is 10.2 Å². The van der Waals surface area contributed by atoms with E-state index in [4.69, 9.17) is 4.74 Å². The van der Waals surface area contributed by atoms with Crippen molar-refractivity contribution >= 4 is 0 Å². The van der Waals surface area contributed by atoms with Crippen LogP contribution in [0, 0.1) is 5.92 Å². The van der Waals surface area contributed by atoms with Crippen molar-refractivity contribution in [3.63, 3.8) is 0 Å². The minimum atomic E-state index is 0.937. The predicted octanol–water partition coefficient (Wildman–Crippen LogP) is 1.10. The molecule has 3 nitrogen and oxygen atoms in total. The summed E-state index contributed by atoms with van der Waals surface area (Å²) < 4.78 is 5.34. The van der Waals surface area contributed by atoms with E-state index in [1.54, 1.807) is 0 Å². The summed E-state index contributed by atoms with van der Waals surface area (Å²) in [4.78, 5) is 2.54. The van der Waals surface area contributed by atoms with Crippen LogP contribution in [0.2, 0.25) is 0 Å². The van der Waals surface area contributed by atoms with Gasteiger partial charge in [-0.3, -0.25) is 4.90 Å². The minimum absolute atomic E-state index is 0.937. The van der Waals surface area contributed by atoms with Crippen LogP contribution in [-0.4, -0.2) is 50.8 Å². The normalized spacial score (nSPS) is 28.4. The highest BCUT2D eigenvalue weighted by molar-refractivity contribution is 4.71. The summed E-state index contributed by atoms with van der Waals surface area (Å²) in [5, 5.41) is 3.44. The summed E-state index contributed by atoms with van der Waals surface area (Å²) in [5.41, 5.74) is 0. The maximum atomic E-state index is 5.34. The number of ether oxygens (including phenoxy) is 1. The van der Waals surface area contributed by atoms with Crippen molar-refractivity contribution in [3.05, 3.63) is 0 Å². The average molecular weight is 212 g/mol. The van der Waals surface area contributed by atoms with E-state index >= 15 is 0 Å². The van der Waals surface area contributed by atoms with Crippen LogP contribution >= 0.6 is 0 Å². The zero-order valence-corrected chi connectivity index (χ0v) is 9.71. The third-order valence-corrected chi connectivity index (χ3v) is 3.60. The van der Waals surface area contributed by atoms with Crippen molar-refractivity contribution in [2.24, 2.45) is 5.92 Å². The van der Waals surface area contributed by atoms with Gasteiger partial charge in [-0.15, -0.1) is 0 Å². The SMILES string of the molecule is C(CCN1CCOCC1)CC1CCNC1. The van der Waals surface area contributed by atoms with Gasteiger partial charge in [0.15, 0.2) is 0 Å². The van der Waals surface area contributed by atoms with Gasteiger partial charge in [-0.25, -0.2) is 0 Å². The fourth-order valence-electron chi connectivity index (χ4n) is 2.55. The van der Waals surface area contributed by atoms with Gasteiger partial charge in [-0.2, -0.15) is 0 Å². The van der Waals surface area contributed by atoms with E-state index in [2.05, 4.69) is 10.2 Å². The lowest BCUT2D eigenvalue weighted by atomic mass is 10.0.